The van der Waals surface area contributed by atoms with Crippen molar-refractivity contribution in [1.82, 2.24) is 0 Å². The van der Waals surface area contributed by atoms with E-state index in [9.17, 15) is 9.18 Å². The Kier molecular flexibility index (Phi) is 3.19. The maximum absolute atomic E-state index is 12.7. The zero-order valence-electron chi connectivity index (χ0n) is 9.31. The van der Waals surface area contributed by atoms with Crippen molar-refractivity contribution in [2.45, 2.75) is 6.92 Å². The zero-order chi connectivity index (χ0) is 12.3. The van der Waals surface area contributed by atoms with Gasteiger partial charge in [-0.25, -0.2) is 4.39 Å². The molecule has 0 N–H and O–H groups in total. The standard InChI is InChI=1S/C14H11FO2/c1-10(16)2-7-13-8-9-14(17-13)11-3-5-12(15)6-4-11/h2-9H,1H3/b7-2+. The lowest BCUT2D eigenvalue weighted by molar-refractivity contribution is -0.112. The van der Waals surface area contributed by atoms with Gasteiger partial charge in [-0.3, -0.25) is 4.79 Å². The number of ketones is 1. The van der Waals surface area contributed by atoms with E-state index < -0.39 is 0 Å². The Morgan fingerprint density at radius 1 is 1.18 bits per heavy atom. The summed E-state index contributed by atoms with van der Waals surface area (Å²) in [4.78, 5) is 10.8. The van der Waals surface area contributed by atoms with Gasteiger partial charge in [-0.1, -0.05) is 0 Å². The van der Waals surface area contributed by atoms with Crippen molar-refractivity contribution in [1.29, 1.82) is 0 Å². The lowest BCUT2D eigenvalue weighted by atomic mass is 10.2. The summed E-state index contributed by atoms with van der Waals surface area (Å²) in [6.07, 6.45) is 3.04. The molecule has 0 atom stereocenters. The van der Waals surface area contributed by atoms with Crippen LogP contribution in [0.25, 0.3) is 17.4 Å². The monoisotopic (exact) mass is 230 g/mol. The van der Waals surface area contributed by atoms with Gasteiger partial charge >= 0.3 is 0 Å². The van der Waals surface area contributed by atoms with Gasteiger partial charge in [0.05, 0.1) is 0 Å². The molecule has 0 aliphatic carbocycles. The summed E-state index contributed by atoms with van der Waals surface area (Å²) >= 11 is 0. The van der Waals surface area contributed by atoms with Crippen LogP contribution in [0, 0.1) is 5.82 Å². The molecule has 0 spiro atoms. The first-order valence-electron chi connectivity index (χ1n) is 5.19. The summed E-state index contributed by atoms with van der Waals surface area (Å²) in [5.74, 6) is 0.925. The molecule has 0 saturated carbocycles. The highest BCUT2D eigenvalue weighted by Gasteiger charge is 2.03. The number of carbonyl (C=O) groups is 1. The average Bonchev–Trinajstić information content (AvgIpc) is 2.76. The first-order valence-corrected chi connectivity index (χ1v) is 5.19. The van der Waals surface area contributed by atoms with E-state index in [1.807, 2.05) is 0 Å². The zero-order valence-corrected chi connectivity index (χ0v) is 9.31. The first-order chi connectivity index (χ1) is 8.15. The molecule has 0 fully saturated rings. The lowest BCUT2D eigenvalue weighted by Gasteiger charge is -1.95. The Morgan fingerprint density at radius 2 is 1.88 bits per heavy atom. The number of halogens is 1. The number of furan rings is 1. The number of carbonyl (C=O) groups excluding carboxylic acids is 1. The lowest BCUT2D eigenvalue weighted by Crippen LogP contribution is -1.78. The van der Waals surface area contributed by atoms with E-state index in [4.69, 9.17) is 4.42 Å². The number of allylic oxidation sites excluding steroid dienone is 1. The van der Waals surface area contributed by atoms with Crippen LogP contribution in [0.5, 0.6) is 0 Å². The molecule has 86 valence electrons. The van der Waals surface area contributed by atoms with Gasteiger partial charge in [-0.05, 0) is 55.5 Å². The van der Waals surface area contributed by atoms with Crippen LogP contribution >= 0.6 is 0 Å². The molecule has 1 aromatic heterocycles. The Bertz CT molecular complexity index is 550. The second kappa shape index (κ2) is 4.78. The maximum atomic E-state index is 12.7. The predicted molar refractivity (Wildman–Crippen MR) is 63.8 cm³/mol. The van der Waals surface area contributed by atoms with E-state index in [0.29, 0.717) is 11.5 Å². The number of benzene rings is 1. The number of hydrogen-bond donors (Lipinski definition) is 0. The summed E-state index contributed by atoms with van der Waals surface area (Å²) in [6, 6.07) is 9.59. The van der Waals surface area contributed by atoms with Crippen molar-refractivity contribution in [3.05, 3.63) is 54.1 Å². The molecule has 3 heteroatoms. The van der Waals surface area contributed by atoms with Gasteiger partial charge in [0.1, 0.15) is 17.3 Å². The van der Waals surface area contributed by atoms with Gasteiger partial charge in [0.15, 0.2) is 5.78 Å². The minimum atomic E-state index is -0.281. The molecule has 0 bridgehead atoms. The molecule has 0 saturated heterocycles. The molecule has 0 aliphatic heterocycles. The highest BCUT2D eigenvalue weighted by molar-refractivity contribution is 5.91. The van der Waals surface area contributed by atoms with Crippen molar-refractivity contribution in [2.75, 3.05) is 0 Å². The third-order valence-corrected chi connectivity index (χ3v) is 2.24. The normalized spacial score (nSPS) is 10.9. The van der Waals surface area contributed by atoms with E-state index in [1.54, 1.807) is 30.3 Å². The van der Waals surface area contributed by atoms with Crippen LogP contribution in [0.4, 0.5) is 4.39 Å². The smallest absolute Gasteiger partial charge is 0.152 e. The van der Waals surface area contributed by atoms with E-state index in [-0.39, 0.29) is 11.6 Å². The van der Waals surface area contributed by atoms with Gasteiger partial charge in [-0.2, -0.15) is 0 Å². The Balaban J connectivity index is 2.23. The fraction of sp³-hybridized carbons (Fsp3) is 0.0714. The van der Waals surface area contributed by atoms with E-state index in [2.05, 4.69) is 0 Å². The van der Waals surface area contributed by atoms with Gasteiger partial charge in [0.25, 0.3) is 0 Å². The molecule has 0 amide bonds. The fourth-order valence-electron chi connectivity index (χ4n) is 1.41. The van der Waals surface area contributed by atoms with Gasteiger partial charge < -0.3 is 4.42 Å². The molecule has 17 heavy (non-hydrogen) atoms. The van der Waals surface area contributed by atoms with E-state index in [1.165, 1.54) is 25.1 Å². The van der Waals surface area contributed by atoms with Crippen LogP contribution in [0.3, 0.4) is 0 Å². The molecule has 0 aliphatic rings. The number of hydrogen-bond acceptors (Lipinski definition) is 2. The summed E-state index contributed by atoms with van der Waals surface area (Å²) in [5, 5.41) is 0. The van der Waals surface area contributed by atoms with Crippen LogP contribution in [-0.4, -0.2) is 5.78 Å². The minimum Gasteiger partial charge on any atom is -0.457 e. The van der Waals surface area contributed by atoms with E-state index >= 15 is 0 Å². The van der Waals surface area contributed by atoms with E-state index in [0.717, 1.165) is 5.56 Å². The highest BCUT2D eigenvalue weighted by atomic mass is 19.1. The molecule has 2 aromatic rings. The third kappa shape index (κ3) is 2.91. The molecule has 1 aromatic carbocycles. The molecular weight excluding hydrogens is 219 g/mol. The number of rotatable bonds is 3. The van der Waals surface area contributed by atoms with Crippen LogP contribution in [0.1, 0.15) is 12.7 Å². The summed E-state index contributed by atoms with van der Waals surface area (Å²) in [6.45, 7) is 1.47. The van der Waals surface area contributed by atoms with Crippen LogP contribution in [0.2, 0.25) is 0 Å². The van der Waals surface area contributed by atoms with Crippen molar-refractivity contribution in [2.24, 2.45) is 0 Å². The van der Waals surface area contributed by atoms with Crippen LogP contribution in [0.15, 0.2) is 46.9 Å². The van der Waals surface area contributed by atoms with Crippen LogP contribution < -0.4 is 0 Å². The molecule has 2 rings (SSSR count). The van der Waals surface area contributed by atoms with Crippen molar-refractivity contribution in [3.8, 4) is 11.3 Å². The molecule has 0 radical (unpaired) electrons. The second-order valence-corrected chi connectivity index (χ2v) is 3.65. The summed E-state index contributed by atoms with van der Waals surface area (Å²) in [5.41, 5.74) is 0.800. The highest BCUT2D eigenvalue weighted by Crippen LogP contribution is 2.22. The Morgan fingerprint density at radius 3 is 2.53 bits per heavy atom. The predicted octanol–water partition coefficient (Wildman–Crippen LogP) is 3.69. The summed E-state index contributed by atoms with van der Waals surface area (Å²) < 4.78 is 18.2. The Labute approximate surface area is 98.4 Å². The average molecular weight is 230 g/mol. The quantitative estimate of drug-likeness (QED) is 0.753. The molecular formula is C14H11FO2. The molecule has 2 nitrogen and oxygen atoms in total. The molecule has 0 unspecified atom stereocenters. The fourth-order valence-corrected chi connectivity index (χ4v) is 1.41. The Hall–Kier alpha value is -2.16. The first kappa shape index (κ1) is 11.3. The van der Waals surface area contributed by atoms with Crippen molar-refractivity contribution < 1.29 is 13.6 Å². The second-order valence-electron chi connectivity index (χ2n) is 3.65. The maximum Gasteiger partial charge on any atom is 0.152 e. The van der Waals surface area contributed by atoms with Gasteiger partial charge in [0, 0.05) is 5.56 Å². The third-order valence-electron chi connectivity index (χ3n) is 2.24. The molecule has 1 heterocycles. The van der Waals surface area contributed by atoms with Gasteiger partial charge in [-0.15, -0.1) is 0 Å². The van der Waals surface area contributed by atoms with Crippen molar-refractivity contribution >= 4 is 11.9 Å². The summed E-state index contributed by atoms with van der Waals surface area (Å²) in [7, 11) is 0. The van der Waals surface area contributed by atoms with Crippen molar-refractivity contribution in [3.63, 3.8) is 0 Å². The van der Waals surface area contributed by atoms with Crippen LogP contribution in [-0.2, 0) is 4.79 Å². The minimum absolute atomic E-state index is 0.0373. The largest absolute Gasteiger partial charge is 0.457 e. The van der Waals surface area contributed by atoms with Gasteiger partial charge in [0.2, 0.25) is 0 Å². The SMILES string of the molecule is CC(=O)/C=C/c1ccc(-c2ccc(F)cc2)o1. The topological polar surface area (TPSA) is 30.2 Å².